The molecule has 3 heteroatoms. The Balaban J connectivity index is 2.50. The number of aryl methyl sites for hydroxylation is 1. The maximum atomic E-state index is 4.77. The fourth-order valence-electron chi connectivity index (χ4n) is 2.92. The Labute approximate surface area is 131 Å². The standard InChI is InChI=1S/C18H35N3/c1-6-12-19-17(14-15(4)5)10-9-16-11-13-21(20-16)18(7-2)8-3/h11,13,15,17-19H,6-10,12,14H2,1-5H3. The van der Waals surface area contributed by atoms with Crippen molar-refractivity contribution in [1.29, 1.82) is 0 Å². The van der Waals surface area contributed by atoms with Crippen molar-refractivity contribution in [1.82, 2.24) is 15.1 Å². The van der Waals surface area contributed by atoms with Crippen LogP contribution >= 0.6 is 0 Å². The molecule has 0 aliphatic rings. The molecule has 0 aliphatic heterocycles. The molecule has 0 aromatic carbocycles. The van der Waals surface area contributed by atoms with Crippen LogP contribution in [0.3, 0.4) is 0 Å². The maximum Gasteiger partial charge on any atom is 0.0625 e. The topological polar surface area (TPSA) is 29.9 Å². The summed E-state index contributed by atoms with van der Waals surface area (Å²) in [5.74, 6) is 0.751. The lowest BCUT2D eigenvalue weighted by atomic mass is 9.99. The van der Waals surface area contributed by atoms with Gasteiger partial charge < -0.3 is 5.32 Å². The first kappa shape index (κ1) is 18.2. The van der Waals surface area contributed by atoms with Crippen LogP contribution in [-0.4, -0.2) is 22.4 Å². The van der Waals surface area contributed by atoms with Crippen LogP contribution in [0.4, 0.5) is 0 Å². The van der Waals surface area contributed by atoms with Crippen LogP contribution in [0.5, 0.6) is 0 Å². The van der Waals surface area contributed by atoms with Gasteiger partial charge in [0.15, 0.2) is 0 Å². The minimum atomic E-state index is 0.559. The van der Waals surface area contributed by atoms with Gasteiger partial charge in [-0.05, 0) is 57.1 Å². The molecule has 1 unspecified atom stereocenters. The van der Waals surface area contributed by atoms with Crippen molar-refractivity contribution in [3.05, 3.63) is 18.0 Å². The molecule has 0 saturated heterocycles. The van der Waals surface area contributed by atoms with Crippen LogP contribution in [0.15, 0.2) is 12.3 Å². The molecule has 1 rings (SSSR count). The third-order valence-electron chi connectivity index (χ3n) is 4.17. The molecule has 1 atom stereocenters. The van der Waals surface area contributed by atoms with E-state index in [4.69, 9.17) is 5.10 Å². The highest BCUT2D eigenvalue weighted by molar-refractivity contribution is 5.00. The predicted octanol–water partition coefficient (Wildman–Crippen LogP) is 4.59. The second-order valence-corrected chi connectivity index (χ2v) is 6.58. The van der Waals surface area contributed by atoms with E-state index < -0.39 is 0 Å². The molecule has 1 heterocycles. The van der Waals surface area contributed by atoms with Crippen molar-refractivity contribution in [2.24, 2.45) is 5.92 Å². The van der Waals surface area contributed by atoms with Gasteiger partial charge in [0.25, 0.3) is 0 Å². The first-order chi connectivity index (χ1) is 10.1. The number of hydrogen-bond donors (Lipinski definition) is 1. The van der Waals surface area contributed by atoms with E-state index in [1.807, 2.05) is 0 Å². The minimum absolute atomic E-state index is 0.559. The van der Waals surface area contributed by atoms with E-state index in [1.165, 1.54) is 25.0 Å². The SMILES string of the molecule is CCCNC(CCc1ccn(C(CC)CC)n1)CC(C)C. The largest absolute Gasteiger partial charge is 0.314 e. The van der Waals surface area contributed by atoms with Gasteiger partial charge in [0.05, 0.1) is 11.7 Å². The van der Waals surface area contributed by atoms with E-state index in [0.717, 1.165) is 31.7 Å². The molecule has 1 aromatic heterocycles. The minimum Gasteiger partial charge on any atom is -0.314 e. The van der Waals surface area contributed by atoms with Gasteiger partial charge in [0.1, 0.15) is 0 Å². The lowest BCUT2D eigenvalue weighted by Crippen LogP contribution is -2.31. The van der Waals surface area contributed by atoms with E-state index in [2.05, 4.69) is 56.9 Å². The third-order valence-corrected chi connectivity index (χ3v) is 4.17. The van der Waals surface area contributed by atoms with Crippen LogP contribution < -0.4 is 5.32 Å². The van der Waals surface area contributed by atoms with E-state index in [0.29, 0.717) is 12.1 Å². The van der Waals surface area contributed by atoms with Crippen LogP contribution in [0.2, 0.25) is 0 Å². The van der Waals surface area contributed by atoms with Gasteiger partial charge in [-0.1, -0.05) is 34.6 Å². The van der Waals surface area contributed by atoms with Crippen LogP contribution in [0.25, 0.3) is 0 Å². The molecular weight excluding hydrogens is 258 g/mol. The average molecular weight is 293 g/mol. The Morgan fingerprint density at radius 3 is 2.48 bits per heavy atom. The molecule has 1 aromatic rings. The monoisotopic (exact) mass is 293 g/mol. The zero-order chi connectivity index (χ0) is 15.7. The zero-order valence-corrected chi connectivity index (χ0v) is 14.7. The fourth-order valence-corrected chi connectivity index (χ4v) is 2.92. The Kier molecular flexibility index (Phi) is 8.67. The summed E-state index contributed by atoms with van der Waals surface area (Å²) in [5, 5.41) is 8.46. The van der Waals surface area contributed by atoms with Gasteiger partial charge in [-0.3, -0.25) is 4.68 Å². The summed E-state index contributed by atoms with van der Waals surface area (Å²) in [6.07, 6.45) is 9.21. The number of nitrogens with zero attached hydrogens (tertiary/aromatic N) is 2. The zero-order valence-electron chi connectivity index (χ0n) is 14.7. The van der Waals surface area contributed by atoms with Crippen LogP contribution in [-0.2, 0) is 6.42 Å². The predicted molar refractivity (Wildman–Crippen MR) is 91.7 cm³/mol. The Bertz CT molecular complexity index is 366. The molecule has 0 radical (unpaired) electrons. The first-order valence-electron chi connectivity index (χ1n) is 8.88. The van der Waals surface area contributed by atoms with Crippen LogP contribution in [0, 0.1) is 5.92 Å². The average Bonchev–Trinajstić information content (AvgIpc) is 2.91. The third kappa shape index (κ3) is 6.64. The summed E-state index contributed by atoms with van der Waals surface area (Å²) in [4.78, 5) is 0. The summed E-state index contributed by atoms with van der Waals surface area (Å²) < 4.78 is 2.16. The van der Waals surface area contributed by atoms with Crippen molar-refractivity contribution < 1.29 is 0 Å². The van der Waals surface area contributed by atoms with Gasteiger partial charge in [-0.2, -0.15) is 5.10 Å². The van der Waals surface area contributed by atoms with Gasteiger partial charge in [0.2, 0.25) is 0 Å². The molecule has 1 N–H and O–H groups in total. The van der Waals surface area contributed by atoms with E-state index in [-0.39, 0.29) is 0 Å². The normalized spacial score (nSPS) is 13.3. The number of nitrogens with one attached hydrogen (secondary N) is 1. The molecule has 0 spiro atoms. The number of hydrogen-bond acceptors (Lipinski definition) is 2. The molecule has 3 nitrogen and oxygen atoms in total. The number of rotatable bonds is 11. The van der Waals surface area contributed by atoms with E-state index in [1.54, 1.807) is 0 Å². The smallest absolute Gasteiger partial charge is 0.0625 e. The lowest BCUT2D eigenvalue weighted by molar-refractivity contribution is 0.393. The van der Waals surface area contributed by atoms with Gasteiger partial charge >= 0.3 is 0 Å². The highest BCUT2D eigenvalue weighted by Crippen LogP contribution is 2.16. The van der Waals surface area contributed by atoms with Crippen molar-refractivity contribution in [3.63, 3.8) is 0 Å². The molecule has 21 heavy (non-hydrogen) atoms. The van der Waals surface area contributed by atoms with Gasteiger partial charge in [0, 0.05) is 12.2 Å². The molecule has 0 fully saturated rings. The summed E-state index contributed by atoms with van der Waals surface area (Å²) in [6, 6.07) is 3.39. The molecule has 0 bridgehead atoms. The second kappa shape index (κ2) is 9.99. The van der Waals surface area contributed by atoms with Gasteiger partial charge in [-0.25, -0.2) is 0 Å². The molecule has 0 aliphatic carbocycles. The molecule has 0 saturated carbocycles. The fraction of sp³-hybridized carbons (Fsp3) is 0.833. The Morgan fingerprint density at radius 1 is 1.19 bits per heavy atom. The van der Waals surface area contributed by atoms with Crippen molar-refractivity contribution in [2.75, 3.05) is 6.54 Å². The Morgan fingerprint density at radius 2 is 1.90 bits per heavy atom. The molecule has 122 valence electrons. The summed E-state index contributed by atoms with van der Waals surface area (Å²) in [5.41, 5.74) is 1.24. The summed E-state index contributed by atoms with van der Waals surface area (Å²) in [6.45, 7) is 12.5. The lowest BCUT2D eigenvalue weighted by Gasteiger charge is -2.20. The quantitative estimate of drug-likeness (QED) is 0.646. The van der Waals surface area contributed by atoms with Crippen molar-refractivity contribution in [3.8, 4) is 0 Å². The van der Waals surface area contributed by atoms with Gasteiger partial charge in [-0.15, -0.1) is 0 Å². The first-order valence-corrected chi connectivity index (χ1v) is 8.88. The summed E-state index contributed by atoms with van der Waals surface area (Å²) >= 11 is 0. The van der Waals surface area contributed by atoms with Crippen molar-refractivity contribution >= 4 is 0 Å². The van der Waals surface area contributed by atoms with E-state index >= 15 is 0 Å². The maximum absolute atomic E-state index is 4.77. The number of aromatic nitrogens is 2. The molecule has 0 amide bonds. The molecular formula is C18H35N3. The van der Waals surface area contributed by atoms with Crippen LogP contribution in [0.1, 0.15) is 78.5 Å². The van der Waals surface area contributed by atoms with E-state index in [9.17, 15) is 0 Å². The van der Waals surface area contributed by atoms with Crippen molar-refractivity contribution in [2.45, 2.75) is 85.2 Å². The highest BCUT2D eigenvalue weighted by atomic mass is 15.3. The highest BCUT2D eigenvalue weighted by Gasteiger charge is 2.12. The Hall–Kier alpha value is -0.830. The second-order valence-electron chi connectivity index (χ2n) is 6.58. The summed E-state index contributed by atoms with van der Waals surface area (Å²) in [7, 11) is 0.